The van der Waals surface area contributed by atoms with Gasteiger partial charge >= 0.3 is 0 Å². The molecule has 1 aromatic heterocycles. The van der Waals surface area contributed by atoms with Gasteiger partial charge in [0.25, 0.3) is 0 Å². The highest BCUT2D eigenvalue weighted by Gasteiger charge is 2.32. The van der Waals surface area contributed by atoms with E-state index in [9.17, 15) is 0 Å². The average Bonchev–Trinajstić information content (AvgIpc) is 2.51. The Hall–Kier alpha value is -1.69. The van der Waals surface area contributed by atoms with Gasteiger partial charge in [-0.3, -0.25) is 0 Å². The van der Waals surface area contributed by atoms with Crippen molar-refractivity contribution in [3.05, 3.63) is 48.2 Å². The van der Waals surface area contributed by atoms with E-state index >= 15 is 0 Å². The molecule has 1 saturated heterocycles. The van der Waals surface area contributed by atoms with Crippen molar-refractivity contribution >= 4 is 5.82 Å². The van der Waals surface area contributed by atoms with E-state index in [4.69, 9.17) is 16.2 Å². The summed E-state index contributed by atoms with van der Waals surface area (Å²) in [6.45, 7) is 3.26. The highest BCUT2D eigenvalue weighted by atomic mass is 16.5. The van der Waals surface area contributed by atoms with E-state index in [1.807, 2.05) is 42.6 Å². The third kappa shape index (κ3) is 2.35. The maximum Gasteiger partial charge on any atom is 0.128 e. The lowest BCUT2D eigenvalue weighted by molar-refractivity contribution is 0.122. The summed E-state index contributed by atoms with van der Waals surface area (Å²) in [7, 11) is 0. The zero-order valence-corrected chi connectivity index (χ0v) is 11.4. The predicted molar refractivity (Wildman–Crippen MR) is 79.4 cm³/mol. The van der Waals surface area contributed by atoms with Gasteiger partial charge in [0.2, 0.25) is 0 Å². The van der Waals surface area contributed by atoms with Gasteiger partial charge in [0.15, 0.2) is 0 Å². The zero-order chi connectivity index (χ0) is 14.0. The van der Waals surface area contributed by atoms with Crippen LogP contribution in [0, 0.1) is 0 Å². The number of ether oxygens (including phenoxy) is 1. The van der Waals surface area contributed by atoms with Gasteiger partial charge in [0.1, 0.15) is 5.82 Å². The Labute approximate surface area is 118 Å². The quantitative estimate of drug-likeness (QED) is 0.821. The number of nitrogens with two attached hydrogens (primary N) is 2. The average molecular weight is 272 g/mol. The molecule has 106 valence electrons. The second-order valence-electron chi connectivity index (χ2n) is 5.21. The number of aromatic nitrogens is 1. The number of morpholine rings is 1. The van der Waals surface area contributed by atoms with Gasteiger partial charge in [-0.2, -0.15) is 0 Å². The minimum Gasteiger partial charge on any atom is -0.378 e. The second kappa shape index (κ2) is 5.36. The fourth-order valence-electron chi connectivity index (χ4n) is 2.58. The number of anilines is 1. The molecule has 1 aromatic rings. The maximum atomic E-state index is 6.42. The standard InChI is InChI=1S/C15H20N4O/c16-13-3-1-2-6-15(13,17)12-4-5-14(18-11-12)19-7-9-20-10-8-19/h1-6,11,13H,7-10,16-17H2. The van der Waals surface area contributed by atoms with Crippen LogP contribution in [0.1, 0.15) is 5.56 Å². The van der Waals surface area contributed by atoms with E-state index in [1.54, 1.807) is 0 Å². The summed E-state index contributed by atoms with van der Waals surface area (Å²) in [5.74, 6) is 0.963. The zero-order valence-electron chi connectivity index (χ0n) is 11.4. The molecule has 0 bridgehead atoms. The topological polar surface area (TPSA) is 77.4 Å². The molecule has 2 aliphatic rings. The number of hydrogen-bond acceptors (Lipinski definition) is 5. The molecule has 5 heteroatoms. The number of rotatable bonds is 2. The lowest BCUT2D eigenvalue weighted by atomic mass is 9.82. The molecule has 2 unspecified atom stereocenters. The maximum absolute atomic E-state index is 6.42. The summed E-state index contributed by atoms with van der Waals surface area (Å²) in [5.41, 5.74) is 12.8. The Morgan fingerprint density at radius 2 is 2.05 bits per heavy atom. The molecule has 2 atom stereocenters. The largest absolute Gasteiger partial charge is 0.378 e. The molecule has 0 amide bonds. The lowest BCUT2D eigenvalue weighted by Gasteiger charge is -2.33. The number of nitrogens with zero attached hydrogens (tertiary/aromatic N) is 2. The first-order valence-corrected chi connectivity index (χ1v) is 6.90. The Morgan fingerprint density at radius 3 is 2.70 bits per heavy atom. The van der Waals surface area contributed by atoms with Gasteiger partial charge in [-0.05, 0) is 11.6 Å². The molecule has 3 rings (SSSR count). The number of pyridine rings is 1. The molecule has 0 aromatic carbocycles. The molecule has 2 heterocycles. The van der Waals surface area contributed by atoms with Crippen LogP contribution < -0.4 is 16.4 Å². The van der Waals surface area contributed by atoms with Crippen LogP contribution in [0.15, 0.2) is 42.6 Å². The smallest absolute Gasteiger partial charge is 0.128 e. The van der Waals surface area contributed by atoms with Gasteiger partial charge in [0, 0.05) is 25.3 Å². The minimum atomic E-state index is -0.675. The van der Waals surface area contributed by atoms with E-state index in [-0.39, 0.29) is 6.04 Å². The van der Waals surface area contributed by atoms with Gasteiger partial charge in [0.05, 0.1) is 18.8 Å². The van der Waals surface area contributed by atoms with Gasteiger partial charge in [-0.1, -0.05) is 30.4 Å². The summed E-state index contributed by atoms with van der Waals surface area (Å²) in [5, 5.41) is 0. The SMILES string of the molecule is NC1C=CC=CC1(N)c1ccc(N2CCOCC2)nc1. The molecule has 1 aliphatic heterocycles. The monoisotopic (exact) mass is 272 g/mol. The summed E-state index contributed by atoms with van der Waals surface area (Å²) >= 11 is 0. The van der Waals surface area contributed by atoms with Crippen LogP contribution in [-0.2, 0) is 10.3 Å². The Balaban J connectivity index is 1.82. The molecule has 5 nitrogen and oxygen atoms in total. The Morgan fingerprint density at radius 1 is 1.25 bits per heavy atom. The van der Waals surface area contributed by atoms with Gasteiger partial charge in [-0.25, -0.2) is 4.98 Å². The van der Waals surface area contributed by atoms with E-state index in [1.165, 1.54) is 0 Å². The van der Waals surface area contributed by atoms with Crippen molar-refractivity contribution in [3.8, 4) is 0 Å². The van der Waals surface area contributed by atoms with Crippen LogP contribution in [-0.4, -0.2) is 37.3 Å². The van der Waals surface area contributed by atoms with E-state index in [0.717, 1.165) is 37.7 Å². The Kier molecular flexibility index (Phi) is 3.56. The summed E-state index contributed by atoms with van der Waals surface area (Å²) in [6, 6.07) is 3.79. The van der Waals surface area contributed by atoms with Crippen LogP contribution in [0.3, 0.4) is 0 Å². The number of hydrogen-bond donors (Lipinski definition) is 2. The second-order valence-corrected chi connectivity index (χ2v) is 5.21. The number of allylic oxidation sites excluding steroid dienone is 2. The first kappa shape index (κ1) is 13.3. The van der Waals surface area contributed by atoms with Crippen LogP contribution in [0.25, 0.3) is 0 Å². The molecule has 0 spiro atoms. The van der Waals surface area contributed by atoms with Crippen LogP contribution in [0.4, 0.5) is 5.82 Å². The van der Waals surface area contributed by atoms with Gasteiger partial charge < -0.3 is 21.1 Å². The lowest BCUT2D eigenvalue weighted by Crippen LogP contribution is -2.51. The Bertz CT molecular complexity index is 519. The van der Waals surface area contributed by atoms with Crippen molar-refractivity contribution in [2.24, 2.45) is 11.5 Å². The van der Waals surface area contributed by atoms with Crippen molar-refractivity contribution in [3.63, 3.8) is 0 Å². The van der Waals surface area contributed by atoms with E-state index < -0.39 is 5.54 Å². The summed E-state index contributed by atoms with van der Waals surface area (Å²) < 4.78 is 5.35. The van der Waals surface area contributed by atoms with E-state index in [0.29, 0.717) is 0 Å². The molecule has 4 N–H and O–H groups in total. The normalized spacial score (nSPS) is 29.7. The van der Waals surface area contributed by atoms with Crippen molar-refractivity contribution in [2.45, 2.75) is 11.6 Å². The summed E-state index contributed by atoms with van der Waals surface area (Å²) in [6.07, 6.45) is 9.53. The van der Waals surface area contributed by atoms with Crippen molar-refractivity contribution < 1.29 is 4.74 Å². The highest BCUT2D eigenvalue weighted by Crippen LogP contribution is 2.27. The van der Waals surface area contributed by atoms with Gasteiger partial charge in [-0.15, -0.1) is 0 Å². The minimum absolute atomic E-state index is 0.233. The summed E-state index contributed by atoms with van der Waals surface area (Å²) in [4.78, 5) is 6.75. The van der Waals surface area contributed by atoms with Crippen molar-refractivity contribution in [1.82, 2.24) is 4.98 Å². The van der Waals surface area contributed by atoms with Crippen molar-refractivity contribution in [1.29, 1.82) is 0 Å². The molecule has 1 fully saturated rings. The molecule has 20 heavy (non-hydrogen) atoms. The fourth-order valence-corrected chi connectivity index (χ4v) is 2.58. The van der Waals surface area contributed by atoms with E-state index in [2.05, 4.69) is 9.88 Å². The fraction of sp³-hybridized carbons (Fsp3) is 0.400. The van der Waals surface area contributed by atoms with Crippen LogP contribution in [0.2, 0.25) is 0 Å². The first-order chi connectivity index (χ1) is 9.70. The molecular formula is C15H20N4O. The molecular weight excluding hydrogens is 252 g/mol. The third-order valence-electron chi connectivity index (χ3n) is 3.94. The molecule has 1 aliphatic carbocycles. The highest BCUT2D eigenvalue weighted by molar-refractivity contribution is 5.44. The van der Waals surface area contributed by atoms with Crippen molar-refractivity contribution in [2.75, 3.05) is 31.2 Å². The third-order valence-corrected chi connectivity index (χ3v) is 3.94. The predicted octanol–water partition coefficient (Wildman–Crippen LogP) is 0.526. The van der Waals surface area contributed by atoms with Crippen LogP contribution in [0.5, 0.6) is 0 Å². The first-order valence-electron chi connectivity index (χ1n) is 6.90. The van der Waals surface area contributed by atoms with Crippen LogP contribution >= 0.6 is 0 Å². The molecule has 0 radical (unpaired) electrons. The molecule has 0 saturated carbocycles.